The zero-order valence-corrected chi connectivity index (χ0v) is 10.4. The van der Waals surface area contributed by atoms with Crippen LogP contribution in [0.4, 0.5) is 10.5 Å². The van der Waals surface area contributed by atoms with Crippen LogP contribution in [0, 0.1) is 6.92 Å². The Morgan fingerprint density at radius 3 is 2.53 bits per heavy atom. The quantitative estimate of drug-likeness (QED) is 0.610. The van der Waals surface area contributed by atoms with E-state index in [4.69, 9.17) is 17.3 Å². The van der Waals surface area contributed by atoms with Crippen molar-refractivity contribution in [2.75, 3.05) is 19.8 Å². The summed E-state index contributed by atoms with van der Waals surface area (Å²) < 4.78 is 0. The number of benzene rings is 1. The predicted octanol–water partition coefficient (Wildman–Crippen LogP) is 3.00. The molecule has 0 aliphatic carbocycles. The summed E-state index contributed by atoms with van der Waals surface area (Å²) in [6, 6.07) is 3.46. The van der Waals surface area contributed by atoms with Gasteiger partial charge in [-0.15, -0.1) is 0 Å². The largest absolute Gasteiger partial charge is 0.399 e. The van der Waals surface area contributed by atoms with Crippen LogP contribution in [0.15, 0.2) is 17.0 Å². The molecule has 5 heteroatoms. The molecule has 0 heterocycles. The standard InChI is InChI=1S/C10H13ClN2OS/c1-6-4-7(12)5-8(11)9(6)15-10(14)13(2)3/h4-5H,12H2,1-3H3. The number of nitrogen functional groups attached to an aromatic ring is 1. The van der Waals surface area contributed by atoms with Crippen LogP contribution in [0.2, 0.25) is 5.02 Å². The monoisotopic (exact) mass is 244 g/mol. The summed E-state index contributed by atoms with van der Waals surface area (Å²) in [6.07, 6.45) is 0. The fourth-order valence-electron chi connectivity index (χ4n) is 1.07. The van der Waals surface area contributed by atoms with E-state index in [0.29, 0.717) is 10.7 Å². The molecule has 1 rings (SSSR count). The average molecular weight is 245 g/mol. The number of carbonyl (C=O) groups excluding carboxylic acids is 1. The van der Waals surface area contributed by atoms with Crippen molar-refractivity contribution >= 4 is 34.3 Å². The van der Waals surface area contributed by atoms with Crippen molar-refractivity contribution in [3.8, 4) is 0 Å². The second kappa shape index (κ2) is 4.77. The number of hydrogen-bond donors (Lipinski definition) is 1. The molecule has 1 amide bonds. The summed E-state index contributed by atoms with van der Waals surface area (Å²) >= 11 is 7.13. The fourth-order valence-corrected chi connectivity index (χ4v) is 2.19. The molecular formula is C10H13ClN2OS. The van der Waals surface area contributed by atoms with E-state index in [9.17, 15) is 4.79 Å². The molecular weight excluding hydrogens is 232 g/mol. The summed E-state index contributed by atoms with van der Waals surface area (Å²) in [6.45, 7) is 1.88. The lowest BCUT2D eigenvalue weighted by Crippen LogP contribution is -2.16. The van der Waals surface area contributed by atoms with Gasteiger partial charge in [-0.2, -0.15) is 0 Å². The van der Waals surface area contributed by atoms with Crippen LogP contribution in [0.5, 0.6) is 0 Å². The number of halogens is 1. The third-order valence-electron chi connectivity index (χ3n) is 1.81. The van der Waals surface area contributed by atoms with Gasteiger partial charge in [0.15, 0.2) is 0 Å². The van der Waals surface area contributed by atoms with Gasteiger partial charge in [0.1, 0.15) is 0 Å². The van der Waals surface area contributed by atoms with Gasteiger partial charge < -0.3 is 10.6 Å². The van der Waals surface area contributed by atoms with Crippen LogP contribution in [-0.4, -0.2) is 24.2 Å². The van der Waals surface area contributed by atoms with E-state index in [1.54, 1.807) is 26.2 Å². The molecule has 1 aromatic rings. The highest BCUT2D eigenvalue weighted by molar-refractivity contribution is 8.13. The number of hydrogen-bond acceptors (Lipinski definition) is 3. The van der Waals surface area contributed by atoms with Crippen LogP contribution >= 0.6 is 23.4 Å². The number of nitrogens with zero attached hydrogens (tertiary/aromatic N) is 1. The molecule has 0 saturated carbocycles. The van der Waals surface area contributed by atoms with Gasteiger partial charge in [0, 0.05) is 24.7 Å². The normalized spacial score (nSPS) is 10.1. The molecule has 15 heavy (non-hydrogen) atoms. The van der Waals surface area contributed by atoms with E-state index >= 15 is 0 Å². The second-order valence-electron chi connectivity index (χ2n) is 3.41. The number of carbonyl (C=O) groups is 1. The van der Waals surface area contributed by atoms with Crippen molar-refractivity contribution in [1.82, 2.24) is 4.90 Å². The van der Waals surface area contributed by atoms with E-state index in [2.05, 4.69) is 0 Å². The van der Waals surface area contributed by atoms with Crippen LogP contribution in [0.1, 0.15) is 5.56 Å². The summed E-state index contributed by atoms with van der Waals surface area (Å²) in [5.41, 5.74) is 7.16. The minimum Gasteiger partial charge on any atom is -0.399 e. The minimum absolute atomic E-state index is 0.0511. The maximum atomic E-state index is 11.5. The second-order valence-corrected chi connectivity index (χ2v) is 4.78. The van der Waals surface area contributed by atoms with Gasteiger partial charge in [-0.25, -0.2) is 0 Å². The lowest BCUT2D eigenvalue weighted by molar-refractivity contribution is 0.241. The third-order valence-corrected chi connectivity index (χ3v) is 3.50. The molecule has 0 saturated heterocycles. The molecule has 0 atom stereocenters. The van der Waals surface area contributed by atoms with E-state index in [1.807, 2.05) is 6.92 Å². The van der Waals surface area contributed by atoms with Gasteiger partial charge in [0.2, 0.25) is 0 Å². The van der Waals surface area contributed by atoms with Gasteiger partial charge >= 0.3 is 0 Å². The highest BCUT2D eigenvalue weighted by Crippen LogP contribution is 2.33. The van der Waals surface area contributed by atoms with E-state index < -0.39 is 0 Å². The van der Waals surface area contributed by atoms with Crippen LogP contribution < -0.4 is 5.73 Å². The van der Waals surface area contributed by atoms with E-state index in [-0.39, 0.29) is 5.24 Å². The molecule has 0 aliphatic heterocycles. The topological polar surface area (TPSA) is 46.3 Å². The Bertz CT molecular complexity index is 370. The summed E-state index contributed by atoms with van der Waals surface area (Å²) in [5.74, 6) is 0. The van der Waals surface area contributed by atoms with Crippen LogP contribution in [-0.2, 0) is 0 Å². The zero-order valence-electron chi connectivity index (χ0n) is 8.87. The van der Waals surface area contributed by atoms with E-state index in [0.717, 1.165) is 22.2 Å². The number of aryl methyl sites for hydroxylation is 1. The zero-order chi connectivity index (χ0) is 11.6. The maximum Gasteiger partial charge on any atom is 0.285 e. The highest BCUT2D eigenvalue weighted by atomic mass is 35.5. The lowest BCUT2D eigenvalue weighted by Gasteiger charge is -2.12. The Labute approximate surface area is 98.6 Å². The predicted molar refractivity (Wildman–Crippen MR) is 65.5 cm³/mol. The van der Waals surface area contributed by atoms with Crippen LogP contribution in [0.25, 0.3) is 0 Å². The van der Waals surface area contributed by atoms with Crippen LogP contribution in [0.3, 0.4) is 0 Å². The molecule has 0 bridgehead atoms. The molecule has 1 aromatic carbocycles. The Balaban J connectivity index is 3.00. The van der Waals surface area contributed by atoms with Gasteiger partial charge in [0.05, 0.1) is 5.02 Å². The summed E-state index contributed by atoms with van der Waals surface area (Å²) in [7, 11) is 3.41. The maximum absolute atomic E-state index is 11.5. The van der Waals surface area contributed by atoms with Crippen molar-refractivity contribution in [3.05, 3.63) is 22.7 Å². The number of nitrogens with two attached hydrogens (primary N) is 1. The molecule has 0 fully saturated rings. The number of rotatable bonds is 1. The SMILES string of the molecule is Cc1cc(N)cc(Cl)c1SC(=O)N(C)C. The minimum atomic E-state index is -0.0511. The number of amides is 1. The molecule has 0 spiro atoms. The Kier molecular flexibility index (Phi) is 3.88. The van der Waals surface area contributed by atoms with Crippen molar-refractivity contribution < 1.29 is 4.79 Å². The molecule has 0 unspecified atom stereocenters. The molecule has 3 nitrogen and oxygen atoms in total. The molecule has 0 radical (unpaired) electrons. The fraction of sp³-hybridized carbons (Fsp3) is 0.300. The first-order chi connectivity index (χ1) is 6.91. The molecule has 2 N–H and O–H groups in total. The molecule has 0 aliphatic rings. The van der Waals surface area contributed by atoms with E-state index in [1.165, 1.54) is 4.90 Å². The molecule has 82 valence electrons. The summed E-state index contributed by atoms with van der Waals surface area (Å²) in [5, 5.41) is 0.470. The van der Waals surface area contributed by atoms with Crippen molar-refractivity contribution in [2.24, 2.45) is 0 Å². The Morgan fingerprint density at radius 2 is 2.07 bits per heavy atom. The lowest BCUT2D eigenvalue weighted by atomic mass is 10.2. The number of anilines is 1. The third kappa shape index (κ3) is 3.04. The summed E-state index contributed by atoms with van der Waals surface area (Å²) in [4.78, 5) is 13.8. The van der Waals surface area contributed by atoms with Gasteiger partial charge in [-0.1, -0.05) is 11.6 Å². The Morgan fingerprint density at radius 1 is 1.47 bits per heavy atom. The molecule has 0 aromatic heterocycles. The average Bonchev–Trinajstić information content (AvgIpc) is 2.10. The first-order valence-electron chi connectivity index (χ1n) is 4.36. The smallest absolute Gasteiger partial charge is 0.285 e. The highest BCUT2D eigenvalue weighted by Gasteiger charge is 2.12. The number of thioether (sulfide) groups is 1. The van der Waals surface area contributed by atoms with Gasteiger partial charge in [0.25, 0.3) is 5.24 Å². The van der Waals surface area contributed by atoms with Crippen molar-refractivity contribution in [1.29, 1.82) is 0 Å². The Hall–Kier alpha value is -0.870. The van der Waals surface area contributed by atoms with Crippen molar-refractivity contribution in [2.45, 2.75) is 11.8 Å². The first kappa shape index (κ1) is 12.2. The first-order valence-corrected chi connectivity index (χ1v) is 5.56. The van der Waals surface area contributed by atoms with Gasteiger partial charge in [-0.05, 0) is 36.4 Å². The van der Waals surface area contributed by atoms with Crippen molar-refractivity contribution in [3.63, 3.8) is 0 Å². The van der Waals surface area contributed by atoms with Gasteiger partial charge in [-0.3, -0.25) is 4.79 Å².